The summed E-state index contributed by atoms with van der Waals surface area (Å²) >= 11 is 0. The number of ether oxygens (including phenoxy) is 2. The van der Waals surface area contributed by atoms with E-state index in [4.69, 9.17) is 14.3 Å². The summed E-state index contributed by atoms with van der Waals surface area (Å²) < 4.78 is 10.6. The molecule has 2 aromatic carbocycles. The number of benzene rings is 2. The van der Waals surface area contributed by atoms with E-state index >= 15 is 0 Å². The van der Waals surface area contributed by atoms with Crippen molar-refractivity contribution in [2.45, 2.75) is 19.3 Å². The molecule has 0 aromatic heterocycles. The van der Waals surface area contributed by atoms with Gasteiger partial charge in [-0.05, 0) is 55.7 Å². The molecular weight excluding hydrogens is 370 g/mol. The fraction of sp³-hybridized carbons (Fsp3) is 0.364. The molecule has 7 nitrogen and oxygen atoms in total. The predicted molar refractivity (Wildman–Crippen MR) is 114 cm³/mol. The molecular formula is C22H27N3O4. The van der Waals surface area contributed by atoms with Crippen LogP contribution in [0.1, 0.15) is 24.8 Å². The highest BCUT2D eigenvalue weighted by Gasteiger charge is 2.11. The van der Waals surface area contributed by atoms with E-state index in [9.17, 15) is 4.79 Å². The van der Waals surface area contributed by atoms with Gasteiger partial charge in [0.25, 0.3) is 5.91 Å². The van der Waals surface area contributed by atoms with Gasteiger partial charge in [0.15, 0.2) is 18.1 Å². The second kappa shape index (κ2) is 10.4. The summed E-state index contributed by atoms with van der Waals surface area (Å²) in [4.78, 5) is 19.6. The first-order chi connectivity index (χ1) is 14.2. The maximum Gasteiger partial charge on any atom is 0.265 e. The minimum Gasteiger partial charge on any atom is -0.493 e. The third-order valence-corrected chi connectivity index (χ3v) is 4.77. The van der Waals surface area contributed by atoms with Gasteiger partial charge >= 0.3 is 0 Å². The number of nitrogens with zero attached hydrogens (tertiary/aromatic N) is 2. The van der Waals surface area contributed by atoms with Gasteiger partial charge in [-0.1, -0.05) is 11.2 Å². The molecule has 0 aliphatic carbocycles. The first-order valence-electron chi connectivity index (χ1n) is 9.72. The minimum absolute atomic E-state index is 0.184. The topological polar surface area (TPSA) is 72.4 Å². The number of para-hydroxylation sites is 1. The largest absolute Gasteiger partial charge is 0.493 e. The lowest BCUT2D eigenvalue weighted by atomic mass is 10.1. The second-order valence-electron chi connectivity index (χ2n) is 6.73. The molecule has 1 amide bonds. The van der Waals surface area contributed by atoms with Gasteiger partial charge in [-0.15, -0.1) is 0 Å². The lowest BCUT2D eigenvalue weighted by molar-refractivity contribution is -0.120. The fourth-order valence-electron chi connectivity index (χ4n) is 3.31. The lowest BCUT2D eigenvalue weighted by Crippen LogP contribution is -2.29. The number of hydrogen-bond acceptors (Lipinski definition) is 6. The van der Waals surface area contributed by atoms with Crippen LogP contribution in [0.4, 0.5) is 11.4 Å². The number of carbonyl (C=O) groups is 1. The van der Waals surface area contributed by atoms with Crippen LogP contribution < -0.4 is 19.7 Å². The first-order valence-corrected chi connectivity index (χ1v) is 9.72. The van der Waals surface area contributed by atoms with Crippen LogP contribution in [0.15, 0.2) is 47.6 Å². The zero-order chi connectivity index (χ0) is 20.5. The van der Waals surface area contributed by atoms with Crippen molar-refractivity contribution in [3.8, 4) is 11.5 Å². The molecule has 0 unspecified atom stereocenters. The van der Waals surface area contributed by atoms with Crippen molar-refractivity contribution < 1.29 is 19.1 Å². The molecule has 7 heteroatoms. The highest BCUT2D eigenvalue weighted by Crippen LogP contribution is 2.29. The Labute approximate surface area is 171 Å². The Bertz CT molecular complexity index is 830. The number of rotatable bonds is 8. The molecule has 1 saturated heterocycles. The van der Waals surface area contributed by atoms with Crippen molar-refractivity contribution in [1.82, 2.24) is 0 Å². The molecule has 0 spiro atoms. The van der Waals surface area contributed by atoms with E-state index in [-0.39, 0.29) is 12.5 Å². The van der Waals surface area contributed by atoms with Crippen LogP contribution in [0.3, 0.4) is 0 Å². The number of amides is 1. The Morgan fingerprint density at radius 2 is 1.83 bits per heavy atom. The molecule has 1 heterocycles. The molecule has 1 aliphatic rings. The number of anilines is 2. The SMILES string of the molecule is COc1cccc(/C=N\OCC(=O)Nc2ccc(N3CCCCC3)cc2)c1OC. The summed E-state index contributed by atoms with van der Waals surface area (Å²) in [6.45, 7) is 2.00. The highest BCUT2D eigenvalue weighted by atomic mass is 16.6. The Balaban J connectivity index is 1.48. The molecule has 1 N–H and O–H groups in total. The molecule has 1 aliphatic heterocycles. The summed E-state index contributed by atoms with van der Waals surface area (Å²) in [7, 11) is 3.12. The minimum atomic E-state index is -0.273. The number of methoxy groups -OCH3 is 2. The summed E-state index contributed by atoms with van der Waals surface area (Å²) in [6.07, 6.45) is 5.26. The Morgan fingerprint density at radius 3 is 2.52 bits per heavy atom. The van der Waals surface area contributed by atoms with Gasteiger partial charge in [0.2, 0.25) is 0 Å². The van der Waals surface area contributed by atoms with Gasteiger partial charge in [-0.25, -0.2) is 0 Å². The summed E-state index contributed by atoms with van der Waals surface area (Å²) in [5, 5.41) is 6.66. The van der Waals surface area contributed by atoms with Crippen LogP contribution in [-0.2, 0) is 9.63 Å². The Morgan fingerprint density at radius 1 is 1.07 bits per heavy atom. The second-order valence-corrected chi connectivity index (χ2v) is 6.73. The molecule has 0 bridgehead atoms. The molecule has 0 saturated carbocycles. The van der Waals surface area contributed by atoms with E-state index in [2.05, 4.69) is 15.4 Å². The maximum atomic E-state index is 12.1. The van der Waals surface area contributed by atoms with Crippen molar-refractivity contribution in [2.24, 2.45) is 5.16 Å². The van der Waals surface area contributed by atoms with Crippen molar-refractivity contribution >= 4 is 23.5 Å². The van der Waals surface area contributed by atoms with Crippen LogP contribution in [0.25, 0.3) is 0 Å². The van der Waals surface area contributed by atoms with E-state index in [0.717, 1.165) is 18.8 Å². The average Bonchev–Trinajstić information content (AvgIpc) is 2.77. The van der Waals surface area contributed by atoms with Gasteiger partial charge in [0.05, 0.1) is 20.4 Å². The van der Waals surface area contributed by atoms with Crippen molar-refractivity contribution in [1.29, 1.82) is 0 Å². The number of carbonyl (C=O) groups excluding carboxylic acids is 1. The van der Waals surface area contributed by atoms with Crippen LogP contribution in [0.2, 0.25) is 0 Å². The van der Waals surface area contributed by atoms with Crippen molar-refractivity contribution in [2.75, 3.05) is 44.1 Å². The van der Waals surface area contributed by atoms with Gasteiger partial charge in [-0.3, -0.25) is 4.79 Å². The predicted octanol–water partition coefficient (Wildman–Crippen LogP) is 3.68. The zero-order valence-corrected chi connectivity index (χ0v) is 16.9. The van der Waals surface area contributed by atoms with Crippen LogP contribution in [0, 0.1) is 0 Å². The molecule has 154 valence electrons. The maximum absolute atomic E-state index is 12.1. The van der Waals surface area contributed by atoms with Crippen LogP contribution in [-0.4, -0.2) is 46.0 Å². The molecule has 1 fully saturated rings. The van der Waals surface area contributed by atoms with E-state index in [1.165, 1.54) is 31.2 Å². The summed E-state index contributed by atoms with van der Waals surface area (Å²) in [5.74, 6) is 0.883. The quantitative estimate of drug-likeness (QED) is 0.543. The highest BCUT2D eigenvalue weighted by molar-refractivity contribution is 5.92. The average molecular weight is 397 g/mol. The van der Waals surface area contributed by atoms with E-state index < -0.39 is 0 Å². The molecule has 0 atom stereocenters. The summed E-state index contributed by atoms with van der Waals surface area (Å²) in [5.41, 5.74) is 2.62. The third-order valence-electron chi connectivity index (χ3n) is 4.77. The van der Waals surface area contributed by atoms with Crippen molar-refractivity contribution in [3.05, 3.63) is 48.0 Å². The monoisotopic (exact) mass is 397 g/mol. The fourth-order valence-corrected chi connectivity index (χ4v) is 3.31. The number of oxime groups is 1. The van der Waals surface area contributed by atoms with Crippen LogP contribution >= 0.6 is 0 Å². The van der Waals surface area contributed by atoms with E-state index in [0.29, 0.717) is 17.1 Å². The smallest absolute Gasteiger partial charge is 0.265 e. The summed E-state index contributed by atoms with van der Waals surface area (Å²) in [6, 6.07) is 13.3. The van der Waals surface area contributed by atoms with Crippen molar-refractivity contribution in [3.63, 3.8) is 0 Å². The third kappa shape index (κ3) is 5.63. The number of nitrogens with one attached hydrogen (secondary N) is 1. The molecule has 29 heavy (non-hydrogen) atoms. The molecule has 2 aromatic rings. The standard InChI is InChI=1S/C22H27N3O4/c1-27-20-8-6-7-17(22(20)28-2)15-23-29-16-21(26)24-18-9-11-19(12-10-18)25-13-4-3-5-14-25/h6-12,15H,3-5,13-14,16H2,1-2H3,(H,24,26)/b23-15-. The van der Waals surface area contributed by atoms with Gasteiger partial charge in [-0.2, -0.15) is 0 Å². The molecule has 0 radical (unpaired) electrons. The van der Waals surface area contributed by atoms with Crippen LogP contribution in [0.5, 0.6) is 11.5 Å². The Hall–Kier alpha value is -3.22. The lowest BCUT2D eigenvalue weighted by Gasteiger charge is -2.28. The van der Waals surface area contributed by atoms with Gasteiger partial charge in [0, 0.05) is 30.0 Å². The van der Waals surface area contributed by atoms with Gasteiger partial charge < -0.3 is 24.5 Å². The first kappa shape index (κ1) is 20.5. The van der Waals surface area contributed by atoms with Gasteiger partial charge in [0.1, 0.15) is 0 Å². The normalized spacial score (nSPS) is 13.9. The number of piperidine rings is 1. The molecule has 3 rings (SSSR count). The number of hydrogen-bond donors (Lipinski definition) is 1. The van der Waals surface area contributed by atoms with E-state index in [1.807, 2.05) is 36.4 Å². The van der Waals surface area contributed by atoms with E-state index in [1.54, 1.807) is 20.3 Å². The Kier molecular flexibility index (Phi) is 7.33. The zero-order valence-electron chi connectivity index (χ0n) is 16.9.